The molecular formula is C53H114O32P8. The third-order valence-electron chi connectivity index (χ3n) is 12.3. The smallest absolute Gasteiger partial charge is 0.287 e. The van der Waals surface area contributed by atoms with E-state index in [0.717, 1.165) is 19.3 Å². The lowest BCUT2D eigenvalue weighted by atomic mass is 9.90. The standard InChI is InChI=1S/C9H19O4P.2C8H17O4P.C7H15O4P.2C6H13O4P.C5H11O4P.C4H9O4P/c1-6-11-14(10)12-8(2,3)7-9(4,5)13-14;1-6-10-13(9)11-7(2,3)8(4,5)12-13;1-5-10-13(9)11-7(2)6-8(3,4)12-13;1-4-9-12(8)10-6(2)5-7(3)11-12;1-4-8-11(7)9-5-6(2,3)10-11;1-4-8-11(7)9-5(2)6(3)10-11;1-2-7-10(6)8-4-3-5-9-10;1-2-6-9(5)7-3-4-8-9/h6-7H2,1-5H3;6H2,1-5H3;7H,5-6H2,1-4H3;6-7H,4-5H2,1-3H3;4-5H2,1-3H3;5-6H,4H2,1-3H3;2-5H2,1H3;2-4H2,1H3. The minimum absolute atomic E-state index is 0.0499. The summed E-state index contributed by atoms with van der Waals surface area (Å²) in [5, 5.41) is 0. The molecule has 8 rings (SSSR count). The summed E-state index contributed by atoms with van der Waals surface area (Å²) in [4.78, 5) is 0. The third-order valence-corrected chi connectivity index (χ3v) is 26.6. The molecule has 0 bridgehead atoms. The van der Waals surface area contributed by atoms with E-state index < -0.39 is 96.2 Å². The van der Waals surface area contributed by atoms with E-state index in [1.54, 1.807) is 55.4 Å². The van der Waals surface area contributed by atoms with Gasteiger partial charge in [0.25, 0.3) is 0 Å². The first-order chi connectivity index (χ1) is 42.4. The minimum atomic E-state index is -3.36. The highest BCUT2D eigenvalue weighted by atomic mass is 31.2. The molecule has 0 aromatic carbocycles. The minimum Gasteiger partial charge on any atom is -0.287 e. The molecule has 558 valence electrons. The Morgan fingerprint density at radius 3 is 0.957 bits per heavy atom. The van der Waals surface area contributed by atoms with Crippen molar-refractivity contribution in [3.05, 3.63) is 0 Å². The van der Waals surface area contributed by atoms with Gasteiger partial charge in [0.2, 0.25) is 0 Å². The van der Waals surface area contributed by atoms with Crippen LogP contribution >= 0.6 is 62.6 Å². The highest BCUT2D eigenvalue weighted by molar-refractivity contribution is 7.50. The van der Waals surface area contributed by atoms with Gasteiger partial charge >= 0.3 is 62.6 Å². The molecule has 0 aromatic heterocycles. The number of rotatable bonds is 16. The van der Waals surface area contributed by atoms with E-state index >= 15 is 0 Å². The summed E-state index contributed by atoms with van der Waals surface area (Å²) in [6, 6.07) is 0. The fourth-order valence-electron chi connectivity index (χ4n) is 8.58. The fourth-order valence-corrected chi connectivity index (χ4v) is 21.3. The van der Waals surface area contributed by atoms with E-state index in [-0.39, 0.29) is 30.5 Å². The van der Waals surface area contributed by atoms with Gasteiger partial charge in [0.1, 0.15) is 11.2 Å². The highest BCUT2D eigenvalue weighted by Crippen LogP contribution is 2.65. The van der Waals surface area contributed by atoms with Crippen molar-refractivity contribution in [3.63, 3.8) is 0 Å². The molecule has 8 saturated heterocycles. The van der Waals surface area contributed by atoms with E-state index in [2.05, 4.69) is 0 Å². The third kappa shape index (κ3) is 35.1. The van der Waals surface area contributed by atoms with Crippen LogP contribution in [0.2, 0.25) is 0 Å². The van der Waals surface area contributed by atoms with Crippen LogP contribution in [0, 0.1) is 0 Å². The topological polar surface area (TPSA) is 358 Å². The second-order valence-corrected chi connectivity index (χ2v) is 37.1. The van der Waals surface area contributed by atoms with Crippen LogP contribution in [-0.2, 0) is 145 Å². The lowest BCUT2D eigenvalue weighted by Crippen LogP contribution is -2.41. The molecule has 0 spiro atoms. The van der Waals surface area contributed by atoms with Gasteiger partial charge in [-0.1, -0.05) is 0 Å². The van der Waals surface area contributed by atoms with Gasteiger partial charge < -0.3 is 0 Å². The van der Waals surface area contributed by atoms with Gasteiger partial charge in [0.15, 0.2) is 0 Å². The Bertz CT molecular complexity index is 2490. The molecule has 7 unspecified atom stereocenters. The number of hydrogen-bond acceptors (Lipinski definition) is 32. The summed E-state index contributed by atoms with van der Waals surface area (Å²) < 4.78 is 212. The summed E-state index contributed by atoms with van der Waals surface area (Å²) in [7, 11) is -25.7. The number of hydrogen-bond donors (Lipinski definition) is 0. The van der Waals surface area contributed by atoms with Crippen LogP contribution in [0.3, 0.4) is 0 Å². The Labute approximate surface area is 554 Å². The van der Waals surface area contributed by atoms with Crippen LogP contribution in [-0.4, -0.2) is 150 Å². The molecular weight excluding hydrogens is 1400 g/mol. The largest absolute Gasteiger partial charge is 0.476 e. The van der Waals surface area contributed by atoms with Gasteiger partial charge in [-0.3, -0.25) is 109 Å². The van der Waals surface area contributed by atoms with E-state index in [4.69, 9.17) is 109 Å². The predicted octanol–water partition coefficient (Wildman–Crippen LogP) is 17.6. The maximum absolute atomic E-state index is 12.0. The molecule has 0 saturated carbocycles. The first-order valence-corrected chi connectivity index (χ1v) is 42.9. The van der Waals surface area contributed by atoms with Crippen molar-refractivity contribution in [2.75, 3.05) is 85.9 Å². The van der Waals surface area contributed by atoms with Crippen molar-refractivity contribution in [1.29, 1.82) is 0 Å². The monoisotopic (exact) mass is 1510 g/mol. The number of phosphoric acid groups is 8. The molecule has 7 atom stereocenters. The maximum atomic E-state index is 12.0. The predicted molar refractivity (Wildman–Crippen MR) is 346 cm³/mol. The summed E-state index contributed by atoms with van der Waals surface area (Å²) in [6.07, 6.45) is 2.49. The summed E-state index contributed by atoms with van der Waals surface area (Å²) >= 11 is 0. The molecule has 8 heterocycles. The second-order valence-electron chi connectivity index (χ2n) is 24.5. The Morgan fingerprint density at radius 2 is 0.602 bits per heavy atom. The van der Waals surface area contributed by atoms with Crippen molar-refractivity contribution in [3.8, 4) is 0 Å². The van der Waals surface area contributed by atoms with E-state index in [9.17, 15) is 36.5 Å². The Balaban J connectivity index is 0.000000533. The van der Waals surface area contributed by atoms with Crippen molar-refractivity contribution < 1.29 is 145 Å². The van der Waals surface area contributed by atoms with Crippen LogP contribution < -0.4 is 0 Å². The van der Waals surface area contributed by atoms with Crippen LogP contribution in [0.5, 0.6) is 0 Å². The molecule has 40 heteroatoms. The van der Waals surface area contributed by atoms with Gasteiger partial charge in [0.05, 0.1) is 139 Å². The Morgan fingerprint density at radius 1 is 0.312 bits per heavy atom. The summed E-state index contributed by atoms with van der Waals surface area (Å²) in [5.74, 6) is 0. The first-order valence-electron chi connectivity index (χ1n) is 31.3. The molecule has 8 aliphatic rings. The van der Waals surface area contributed by atoms with Gasteiger partial charge in [-0.15, -0.1) is 0 Å². The van der Waals surface area contributed by atoms with Crippen molar-refractivity contribution in [2.24, 2.45) is 0 Å². The molecule has 8 fully saturated rings. The molecule has 0 aliphatic carbocycles. The first kappa shape index (κ1) is 91.9. The van der Waals surface area contributed by atoms with Crippen LogP contribution in [0.15, 0.2) is 0 Å². The maximum Gasteiger partial charge on any atom is 0.476 e. The SMILES string of the molecule is CCOP1(=O)OC(C)(C)C(C)(C)O1.CCOP1(=O)OC(C)(C)CC(C)(C)O1.CCOP1(=O)OC(C)C(C)O1.CCOP1(=O)OC(C)CC(C)(C)O1.CCOP1(=O)OC(C)CC(C)O1.CCOP1(=O)OCC(C)(C)O1.CCOP1(=O)OCCCO1.CCOP1(=O)OCCO1. The Kier molecular flexibility index (Phi) is 39.0. The molecule has 0 radical (unpaired) electrons. The fraction of sp³-hybridized carbons (Fsp3) is 1.00. The average molecular weight is 1510 g/mol. The van der Waals surface area contributed by atoms with Crippen LogP contribution in [0.1, 0.15) is 199 Å². The van der Waals surface area contributed by atoms with E-state index in [0.29, 0.717) is 92.3 Å². The van der Waals surface area contributed by atoms with Gasteiger partial charge in [-0.2, -0.15) is 0 Å². The lowest BCUT2D eigenvalue weighted by Gasteiger charge is -2.43. The van der Waals surface area contributed by atoms with Gasteiger partial charge in [0, 0.05) is 19.3 Å². The van der Waals surface area contributed by atoms with Crippen molar-refractivity contribution >= 4 is 62.6 Å². The van der Waals surface area contributed by atoms with Gasteiger partial charge in [-0.25, -0.2) is 36.5 Å². The Hall–Kier alpha value is 0.880. The van der Waals surface area contributed by atoms with Gasteiger partial charge in [-0.05, 0) is 180 Å². The summed E-state index contributed by atoms with van der Waals surface area (Å²) in [5.41, 5.74) is -3.01. The molecule has 8 aliphatic heterocycles. The molecule has 0 aromatic rings. The number of phosphoric ester groups is 8. The molecule has 93 heavy (non-hydrogen) atoms. The molecule has 0 amide bonds. The normalized spacial score (nSPS) is 33.9. The molecule has 0 N–H and O–H groups in total. The summed E-state index contributed by atoms with van der Waals surface area (Å²) in [6.45, 7) is 50.3. The average Bonchev–Trinajstić information content (AvgIpc) is 1.71. The van der Waals surface area contributed by atoms with Crippen LogP contribution in [0.4, 0.5) is 0 Å². The van der Waals surface area contributed by atoms with Crippen LogP contribution in [0.25, 0.3) is 0 Å². The zero-order chi connectivity index (χ0) is 71.9. The quantitative estimate of drug-likeness (QED) is 0.130. The highest BCUT2D eigenvalue weighted by Gasteiger charge is 2.57. The van der Waals surface area contributed by atoms with Crippen molar-refractivity contribution in [1.82, 2.24) is 0 Å². The van der Waals surface area contributed by atoms with Crippen molar-refractivity contribution in [2.45, 2.75) is 263 Å². The second kappa shape index (κ2) is 39.5. The molecule has 32 nitrogen and oxygen atoms in total. The lowest BCUT2D eigenvalue weighted by molar-refractivity contribution is -0.0885. The zero-order valence-corrected chi connectivity index (χ0v) is 66.7. The van der Waals surface area contributed by atoms with E-state index in [1.807, 2.05) is 118 Å². The zero-order valence-electron chi connectivity index (χ0n) is 59.5. The van der Waals surface area contributed by atoms with E-state index in [1.165, 1.54) is 0 Å².